The van der Waals surface area contributed by atoms with E-state index >= 15 is 0 Å². The van der Waals surface area contributed by atoms with Crippen LogP contribution in [-0.2, 0) is 0 Å². The van der Waals surface area contributed by atoms with E-state index in [4.69, 9.17) is 21.7 Å². The number of nitro benzene ring substituents is 1. The number of carbonyl (C=O) groups excluding carboxylic acids is 1. The molecule has 0 unspecified atom stereocenters. The van der Waals surface area contributed by atoms with Crippen LogP contribution in [0.15, 0.2) is 30.3 Å². The Balaban J connectivity index is 2.29. The first kappa shape index (κ1) is 20.1. The summed E-state index contributed by atoms with van der Waals surface area (Å²) in [6.45, 7) is 3.56. The van der Waals surface area contributed by atoms with Crippen LogP contribution in [0, 0.1) is 24.0 Å². The number of benzene rings is 2. The van der Waals surface area contributed by atoms with Gasteiger partial charge in [-0.05, 0) is 49.3 Å². The van der Waals surface area contributed by atoms with Crippen molar-refractivity contribution in [2.75, 3.05) is 19.5 Å². The van der Waals surface area contributed by atoms with Crippen LogP contribution in [0.4, 0.5) is 11.4 Å². The van der Waals surface area contributed by atoms with Gasteiger partial charge in [-0.2, -0.15) is 0 Å². The van der Waals surface area contributed by atoms with E-state index in [2.05, 4.69) is 10.6 Å². The van der Waals surface area contributed by atoms with Gasteiger partial charge in [0.2, 0.25) is 0 Å². The average molecular weight is 389 g/mol. The van der Waals surface area contributed by atoms with E-state index in [1.165, 1.54) is 20.3 Å². The number of carbonyl (C=O) groups is 1. The fraction of sp³-hybridized carbons (Fsp3) is 0.222. The van der Waals surface area contributed by atoms with Crippen molar-refractivity contribution in [1.82, 2.24) is 5.32 Å². The van der Waals surface area contributed by atoms with Crippen molar-refractivity contribution in [2.45, 2.75) is 13.8 Å². The molecule has 2 N–H and O–H groups in total. The molecule has 2 aromatic rings. The number of hydrogen-bond donors (Lipinski definition) is 2. The van der Waals surface area contributed by atoms with Crippen LogP contribution in [0.3, 0.4) is 0 Å². The Labute approximate surface area is 161 Å². The number of methoxy groups -OCH3 is 2. The van der Waals surface area contributed by atoms with Crippen molar-refractivity contribution in [1.29, 1.82) is 0 Å². The molecule has 0 radical (unpaired) electrons. The summed E-state index contributed by atoms with van der Waals surface area (Å²) in [5.41, 5.74) is 1.78. The minimum Gasteiger partial charge on any atom is -0.496 e. The third-order valence-electron chi connectivity index (χ3n) is 4.03. The zero-order valence-electron chi connectivity index (χ0n) is 15.3. The normalized spacial score (nSPS) is 10.1. The molecular formula is C18H19N3O5S. The summed E-state index contributed by atoms with van der Waals surface area (Å²) in [5, 5.41) is 16.5. The van der Waals surface area contributed by atoms with Crippen molar-refractivity contribution in [2.24, 2.45) is 0 Å². The van der Waals surface area contributed by atoms with E-state index in [1.807, 2.05) is 6.92 Å². The second kappa shape index (κ2) is 8.45. The lowest BCUT2D eigenvalue weighted by Gasteiger charge is -2.15. The zero-order valence-corrected chi connectivity index (χ0v) is 16.1. The molecule has 0 bridgehead atoms. The number of rotatable bonds is 5. The molecule has 0 atom stereocenters. The van der Waals surface area contributed by atoms with Gasteiger partial charge in [0, 0.05) is 6.07 Å². The quantitative estimate of drug-likeness (QED) is 0.459. The van der Waals surface area contributed by atoms with Crippen LogP contribution in [0.1, 0.15) is 21.5 Å². The van der Waals surface area contributed by atoms with Gasteiger partial charge in [-0.3, -0.25) is 20.2 Å². The van der Waals surface area contributed by atoms with Crippen molar-refractivity contribution in [3.8, 4) is 11.5 Å². The SMILES string of the molecule is COc1cccc(OC)c1C(=O)NC(=S)Nc1c([N+](=O)[O-])ccc(C)c1C. The molecule has 0 heterocycles. The molecule has 0 aliphatic rings. The number of nitrogens with zero attached hydrogens (tertiary/aromatic N) is 1. The first-order chi connectivity index (χ1) is 12.8. The Morgan fingerprint density at radius 1 is 1.11 bits per heavy atom. The highest BCUT2D eigenvalue weighted by Crippen LogP contribution is 2.31. The summed E-state index contributed by atoms with van der Waals surface area (Å²) in [6, 6.07) is 7.95. The Morgan fingerprint density at radius 2 is 1.70 bits per heavy atom. The second-order valence-electron chi connectivity index (χ2n) is 5.60. The number of nitro groups is 1. The Bertz CT molecular complexity index is 892. The summed E-state index contributed by atoms with van der Waals surface area (Å²) in [4.78, 5) is 23.4. The highest BCUT2D eigenvalue weighted by molar-refractivity contribution is 7.80. The molecule has 0 aliphatic carbocycles. The largest absolute Gasteiger partial charge is 0.496 e. The van der Waals surface area contributed by atoms with Crippen molar-refractivity contribution < 1.29 is 19.2 Å². The minimum absolute atomic E-state index is 0.0789. The summed E-state index contributed by atoms with van der Waals surface area (Å²) < 4.78 is 10.4. The first-order valence-corrected chi connectivity index (χ1v) is 8.28. The Hall–Kier alpha value is -3.20. The van der Waals surface area contributed by atoms with Crippen LogP contribution in [0.25, 0.3) is 0 Å². The topological polar surface area (TPSA) is 103 Å². The average Bonchev–Trinajstić information content (AvgIpc) is 2.64. The highest BCUT2D eigenvalue weighted by atomic mass is 32.1. The molecule has 0 saturated carbocycles. The van der Waals surface area contributed by atoms with Crippen molar-refractivity contribution in [3.63, 3.8) is 0 Å². The van der Waals surface area contributed by atoms with Gasteiger partial charge in [0.15, 0.2) is 5.11 Å². The van der Waals surface area contributed by atoms with Crippen LogP contribution in [0.2, 0.25) is 0 Å². The number of thiocarbonyl (C=S) groups is 1. The summed E-state index contributed by atoms with van der Waals surface area (Å²) >= 11 is 5.17. The third kappa shape index (κ3) is 4.32. The minimum atomic E-state index is -0.560. The Morgan fingerprint density at radius 3 is 2.22 bits per heavy atom. The summed E-state index contributed by atoms with van der Waals surface area (Å²) in [7, 11) is 2.86. The lowest BCUT2D eigenvalue weighted by molar-refractivity contribution is -0.383. The van der Waals surface area contributed by atoms with Gasteiger partial charge < -0.3 is 14.8 Å². The van der Waals surface area contributed by atoms with Crippen LogP contribution >= 0.6 is 12.2 Å². The van der Waals surface area contributed by atoms with E-state index in [1.54, 1.807) is 31.2 Å². The molecular weight excluding hydrogens is 370 g/mol. The maximum absolute atomic E-state index is 12.6. The lowest BCUT2D eigenvalue weighted by atomic mass is 10.1. The summed E-state index contributed by atoms with van der Waals surface area (Å²) in [6.07, 6.45) is 0. The molecule has 2 rings (SSSR count). The molecule has 1 amide bonds. The molecule has 0 saturated heterocycles. The fourth-order valence-electron chi connectivity index (χ4n) is 2.50. The zero-order chi connectivity index (χ0) is 20.1. The van der Waals surface area contributed by atoms with Gasteiger partial charge in [0.1, 0.15) is 22.7 Å². The molecule has 8 nitrogen and oxygen atoms in total. The van der Waals surface area contributed by atoms with Gasteiger partial charge >= 0.3 is 0 Å². The van der Waals surface area contributed by atoms with Gasteiger partial charge in [0.05, 0.1) is 19.1 Å². The number of ether oxygens (including phenoxy) is 2. The molecule has 2 aromatic carbocycles. The number of hydrogen-bond acceptors (Lipinski definition) is 6. The molecule has 27 heavy (non-hydrogen) atoms. The van der Waals surface area contributed by atoms with E-state index in [-0.39, 0.29) is 22.1 Å². The number of anilines is 1. The second-order valence-corrected chi connectivity index (χ2v) is 6.01. The van der Waals surface area contributed by atoms with Gasteiger partial charge in [-0.1, -0.05) is 12.1 Å². The van der Waals surface area contributed by atoms with E-state index < -0.39 is 10.8 Å². The third-order valence-corrected chi connectivity index (χ3v) is 4.24. The van der Waals surface area contributed by atoms with Gasteiger partial charge in [-0.25, -0.2) is 0 Å². The molecule has 0 fully saturated rings. The predicted molar refractivity (Wildman–Crippen MR) is 106 cm³/mol. The lowest BCUT2D eigenvalue weighted by Crippen LogP contribution is -2.35. The standard InChI is InChI=1S/C18H19N3O5S/c1-10-8-9-12(21(23)24)16(11(10)2)19-18(27)20-17(22)15-13(25-3)6-5-7-14(15)26-4/h5-9H,1-4H3,(H2,19,20,22,27). The van der Waals surface area contributed by atoms with E-state index in [0.29, 0.717) is 17.1 Å². The Kier molecular flexibility index (Phi) is 6.30. The molecule has 142 valence electrons. The monoisotopic (exact) mass is 389 g/mol. The first-order valence-electron chi connectivity index (χ1n) is 7.88. The highest BCUT2D eigenvalue weighted by Gasteiger charge is 2.22. The van der Waals surface area contributed by atoms with Crippen molar-refractivity contribution >= 4 is 34.6 Å². The van der Waals surface area contributed by atoms with Gasteiger partial charge in [-0.15, -0.1) is 0 Å². The molecule has 0 aliphatic heterocycles. The molecule has 0 spiro atoms. The smallest absolute Gasteiger partial charge is 0.293 e. The van der Waals surface area contributed by atoms with Crippen LogP contribution < -0.4 is 20.1 Å². The van der Waals surface area contributed by atoms with E-state index in [9.17, 15) is 14.9 Å². The van der Waals surface area contributed by atoms with Crippen molar-refractivity contribution in [3.05, 3.63) is 57.1 Å². The number of nitrogens with one attached hydrogen (secondary N) is 2. The molecule has 0 aromatic heterocycles. The predicted octanol–water partition coefficient (Wildman–Crippen LogP) is 3.36. The fourth-order valence-corrected chi connectivity index (χ4v) is 2.69. The molecule has 9 heteroatoms. The van der Waals surface area contributed by atoms with E-state index in [0.717, 1.165) is 5.56 Å². The van der Waals surface area contributed by atoms with Crippen LogP contribution in [-0.4, -0.2) is 30.2 Å². The maximum Gasteiger partial charge on any atom is 0.293 e. The number of aryl methyl sites for hydroxylation is 1. The van der Waals surface area contributed by atoms with Crippen LogP contribution in [0.5, 0.6) is 11.5 Å². The number of amides is 1. The maximum atomic E-state index is 12.6. The summed E-state index contributed by atoms with van der Waals surface area (Å²) in [5.74, 6) is 0.0643. The van der Waals surface area contributed by atoms with Gasteiger partial charge in [0.25, 0.3) is 11.6 Å².